The molecule has 0 aromatic heterocycles. The first-order valence-electron chi connectivity index (χ1n) is 11.5. The van der Waals surface area contributed by atoms with Gasteiger partial charge in [-0.25, -0.2) is 0 Å². The molecule has 0 saturated heterocycles. The Hall–Kier alpha value is -1.65. The van der Waals surface area contributed by atoms with E-state index in [0.717, 1.165) is 38.5 Å². The third-order valence-corrected chi connectivity index (χ3v) is 6.76. The summed E-state index contributed by atoms with van der Waals surface area (Å²) in [7, 11) is 0. The van der Waals surface area contributed by atoms with Crippen molar-refractivity contribution < 1.29 is 14.4 Å². The molecular weight excluding hydrogens is 352 g/mol. The molecule has 1 aliphatic heterocycles. The third-order valence-electron chi connectivity index (χ3n) is 6.76. The third kappa shape index (κ3) is 6.18. The molecule has 0 aromatic carbocycles. The second kappa shape index (κ2) is 10.8. The van der Waals surface area contributed by atoms with Gasteiger partial charge in [-0.15, -0.1) is 0 Å². The summed E-state index contributed by atoms with van der Waals surface area (Å²) in [6.07, 6.45) is 18.9. The van der Waals surface area contributed by atoms with Crippen LogP contribution in [0.3, 0.4) is 0 Å². The Bertz CT molecular complexity index is 548. The minimum absolute atomic E-state index is 0.0949. The molecule has 5 nitrogen and oxygen atoms in total. The number of nitrogens with zero attached hydrogens (tertiary/aromatic N) is 1. The highest BCUT2D eigenvalue weighted by atomic mass is 16.2. The Morgan fingerprint density at radius 3 is 1.82 bits per heavy atom. The zero-order valence-electron chi connectivity index (χ0n) is 17.2. The monoisotopic (exact) mass is 388 g/mol. The van der Waals surface area contributed by atoms with Crippen molar-refractivity contribution in [1.82, 2.24) is 10.2 Å². The van der Waals surface area contributed by atoms with Crippen LogP contribution in [0.5, 0.6) is 0 Å². The predicted molar refractivity (Wildman–Crippen MR) is 109 cm³/mol. The van der Waals surface area contributed by atoms with E-state index in [1.165, 1.54) is 68.4 Å². The van der Waals surface area contributed by atoms with Crippen molar-refractivity contribution in [2.24, 2.45) is 11.8 Å². The van der Waals surface area contributed by atoms with Gasteiger partial charge in [-0.1, -0.05) is 51.4 Å². The fourth-order valence-corrected chi connectivity index (χ4v) is 4.93. The first-order valence-corrected chi connectivity index (χ1v) is 11.5. The van der Waals surface area contributed by atoms with Crippen molar-refractivity contribution in [3.05, 3.63) is 12.2 Å². The average molecular weight is 389 g/mol. The average Bonchev–Trinajstić information content (AvgIpc) is 2.98. The van der Waals surface area contributed by atoms with Crippen LogP contribution in [0.4, 0.5) is 0 Å². The summed E-state index contributed by atoms with van der Waals surface area (Å²) in [5.41, 5.74) is 0. The van der Waals surface area contributed by atoms with Crippen LogP contribution in [-0.2, 0) is 14.4 Å². The highest BCUT2D eigenvalue weighted by Gasteiger charge is 2.31. The molecule has 3 amide bonds. The minimum Gasteiger partial charge on any atom is -0.353 e. The van der Waals surface area contributed by atoms with Gasteiger partial charge in [0.1, 0.15) is 0 Å². The van der Waals surface area contributed by atoms with Crippen LogP contribution in [0, 0.1) is 11.8 Å². The molecule has 0 radical (unpaired) electrons. The molecule has 0 bridgehead atoms. The summed E-state index contributed by atoms with van der Waals surface area (Å²) < 4.78 is 0. The largest absolute Gasteiger partial charge is 0.353 e. The lowest BCUT2D eigenvalue weighted by Gasteiger charge is -2.31. The highest BCUT2D eigenvalue weighted by Crippen LogP contribution is 2.30. The molecule has 5 heteroatoms. The Balaban J connectivity index is 1.41. The number of hydrogen-bond donors (Lipinski definition) is 1. The van der Waals surface area contributed by atoms with Crippen molar-refractivity contribution in [3.63, 3.8) is 0 Å². The molecule has 0 unspecified atom stereocenters. The van der Waals surface area contributed by atoms with Crippen molar-refractivity contribution in [1.29, 1.82) is 0 Å². The van der Waals surface area contributed by atoms with E-state index in [-0.39, 0.29) is 23.6 Å². The topological polar surface area (TPSA) is 66.5 Å². The first-order chi connectivity index (χ1) is 13.6. The van der Waals surface area contributed by atoms with Gasteiger partial charge in [0.15, 0.2) is 0 Å². The fraction of sp³-hybridized carbons (Fsp3) is 0.783. The maximum atomic E-state index is 12.8. The van der Waals surface area contributed by atoms with E-state index in [4.69, 9.17) is 0 Å². The van der Waals surface area contributed by atoms with Crippen molar-refractivity contribution in [2.75, 3.05) is 6.54 Å². The maximum Gasteiger partial charge on any atom is 0.253 e. The van der Waals surface area contributed by atoms with Crippen LogP contribution in [0.15, 0.2) is 12.2 Å². The van der Waals surface area contributed by atoms with E-state index in [1.807, 2.05) is 0 Å². The molecule has 3 rings (SSSR count). The molecule has 0 aromatic rings. The SMILES string of the molecule is O=C(NC1CCCCCCCCCC1)C1CCC(CN2C(=O)C=CC2=O)CC1. The Kier molecular flexibility index (Phi) is 8.11. The number of rotatable bonds is 4. The first kappa shape index (κ1) is 21.1. The molecule has 2 fully saturated rings. The molecule has 28 heavy (non-hydrogen) atoms. The molecule has 1 heterocycles. The van der Waals surface area contributed by atoms with Crippen molar-refractivity contribution in [2.45, 2.75) is 95.9 Å². The number of carbonyl (C=O) groups excluding carboxylic acids is 3. The summed E-state index contributed by atoms with van der Waals surface area (Å²) in [5, 5.41) is 3.36. The van der Waals surface area contributed by atoms with Gasteiger partial charge in [0.25, 0.3) is 11.8 Å². The Morgan fingerprint density at radius 1 is 0.786 bits per heavy atom. The second-order valence-corrected chi connectivity index (χ2v) is 8.95. The molecule has 0 atom stereocenters. The van der Waals surface area contributed by atoms with E-state index >= 15 is 0 Å². The van der Waals surface area contributed by atoms with Crippen molar-refractivity contribution >= 4 is 17.7 Å². The van der Waals surface area contributed by atoms with E-state index in [9.17, 15) is 14.4 Å². The van der Waals surface area contributed by atoms with Gasteiger partial charge in [0.05, 0.1) is 0 Å². The lowest BCUT2D eigenvalue weighted by atomic mass is 9.81. The lowest BCUT2D eigenvalue weighted by molar-refractivity contribution is -0.138. The smallest absolute Gasteiger partial charge is 0.253 e. The summed E-state index contributed by atoms with van der Waals surface area (Å²) in [5.74, 6) is 0.258. The van der Waals surface area contributed by atoms with E-state index in [2.05, 4.69) is 5.32 Å². The molecule has 156 valence electrons. The maximum absolute atomic E-state index is 12.8. The van der Waals surface area contributed by atoms with Crippen LogP contribution < -0.4 is 5.32 Å². The molecule has 0 spiro atoms. The fourth-order valence-electron chi connectivity index (χ4n) is 4.93. The summed E-state index contributed by atoms with van der Waals surface area (Å²) in [4.78, 5) is 37.6. The Morgan fingerprint density at radius 2 is 1.29 bits per heavy atom. The number of hydrogen-bond acceptors (Lipinski definition) is 3. The zero-order chi connectivity index (χ0) is 19.8. The van der Waals surface area contributed by atoms with Gasteiger partial charge in [-0.05, 0) is 44.4 Å². The van der Waals surface area contributed by atoms with Gasteiger partial charge < -0.3 is 5.32 Å². The van der Waals surface area contributed by atoms with Crippen LogP contribution >= 0.6 is 0 Å². The highest BCUT2D eigenvalue weighted by molar-refractivity contribution is 6.12. The Labute approximate surface area is 169 Å². The molecule has 1 N–H and O–H groups in total. The molecule has 2 aliphatic carbocycles. The molecule has 2 saturated carbocycles. The summed E-state index contributed by atoms with van der Waals surface area (Å²) >= 11 is 0. The number of amides is 3. The predicted octanol–water partition coefficient (Wildman–Crippen LogP) is 4.12. The van der Waals surface area contributed by atoms with Crippen LogP contribution in [0.25, 0.3) is 0 Å². The van der Waals surface area contributed by atoms with Gasteiger partial charge >= 0.3 is 0 Å². The summed E-state index contributed by atoms with van der Waals surface area (Å²) in [6.45, 7) is 0.502. The van der Waals surface area contributed by atoms with E-state index < -0.39 is 0 Å². The number of nitrogens with one attached hydrogen (secondary N) is 1. The number of imide groups is 1. The zero-order valence-corrected chi connectivity index (χ0v) is 17.2. The van der Waals surface area contributed by atoms with Gasteiger partial charge in [0.2, 0.25) is 5.91 Å². The quantitative estimate of drug-likeness (QED) is 0.737. The van der Waals surface area contributed by atoms with Crippen LogP contribution in [-0.4, -0.2) is 35.2 Å². The minimum atomic E-state index is -0.198. The van der Waals surface area contributed by atoms with Gasteiger partial charge in [-0.3, -0.25) is 19.3 Å². The van der Waals surface area contributed by atoms with Crippen molar-refractivity contribution in [3.8, 4) is 0 Å². The van der Waals surface area contributed by atoms with Gasteiger partial charge in [0, 0.05) is 30.7 Å². The van der Waals surface area contributed by atoms with Crippen LogP contribution in [0.1, 0.15) is 89.9 Å². The van der Waals surface area contributed by atoms with Gasteiger partial charge in [-0.2, -0.15) is 0 Å². The summed E-state index contributed by atoms with van der Waals surface area (Å²) in [6, 6.07) is 0.342. The van der Waals surface area contributed by atoms with Crippen LogP contribution in [0.2, 0.25) is 0 Å². The molecule has 3 aliphatic rings. The molecular formula is C23H36N2O3. The second-order valence-electron chi connectivity index (χ2n) is 8.95. The normalized spacial score (nSPS) is 28.2. The number of carbonyl (C=O) groups is 3. The van der Waals surface area contributed by atoms with E-state index in [0.29, 0.717) is 18.5 Å². The standard InChI is InChI=1S/C23H36N2O3/c26-21-15-16-22(27)25(21)17-18-11-13-19(14-12-18)23(28)24-20-9-7-5-3-1-2-4-6-8-10-20/h15-16,18-20H,1-14,17H2,(H,24,28). The lowest BCUT2D eigenvalue weighted by Crippen LogP contribution is -2.41. The van der Waals surface area contributed by atoms with E-state index in [1.54, 1.807) is 0 Å².